The lowest BCUT2D eigenvalue weighted by atomic mass is 9.95. The molecule has 1 heterocycles. The fraction of sp³-hybridized carbons (Fsp3) is 0.562. The molecule has 1 aromatic carbocycles. The summed E-state index contributed by atoms with van der Waals surface area (Å²) in [5.74, 6) is 1.78. The van der Waals surface area contributed by atoms with Crippen molar-refractivity contribution in [3.63, 3.8) is 0 Å². The summed E-state index contributed by atoms with van der Waals surface area (Å²) < 4.78 is 16.1. The van der Waals surface area contributed by atoms with Crippen molar-refractivity contribution in [3.05, 3.63) is 23.8 Å². The van der Waals surface area contributed by atoms with Crippen LogP contribution >= 0.6 is 0 Å². The second kappa shape index (κ2) is 7.31. The summed E-state index contributed by atoms with van der Waals surface area (Å²) in [5, 5.41) is 3.06. The van der Waals surface area contributed by atoms with Gasteiger partial charge in [0, 0.05) is 13.5 Å². The van der Waals surface area contributed by atoms with E-state index in [2.05, 4.69) is 19.2 Å². The van der Waals surface area contributed by atoms with Gasteiger partial charge in [0.05, 0.1) is 12.6 Å². The number of hydrogen-bond donors (Lipinski definition) is 1. The molecule has 5 heteroatoms. The Labute approximate surface area is 125 Å². The molecule has 0 fully saturated rings. The predicted octanol–water partition coefficient (Wildman–Crippen LogP) is 2.31. The van der Waals surface area contributed by atoms with E-state index in [0.29, 0.717) is 26.2 Å². The molecule has 0 aromatic heterocycles. The van der Waals surface area contributed by atoms with E-state index >= 15 is 0 Å². The minimum Gasteiger partial charge on any atom is -0.486 e. The van der Waals surface area contributed by atoms with Gasteiger partial charge in [0.1, 0.15) is 13.2 Å². The molecule has 1 aliphatic rings. The third-order valence-corrected chi connectivity index (χ3v) is 3.44. The number of carbonyl (C=O) groups is 1. The van der Waals surface area contributed by atoms with E-state index < -0.39 is 0 Å². The SMILES string of the molecule is COCCC(=O)NC(c1ccc2c(c1)OCCO2)C(C)C. The molecule has 0 bridgehead atoms. The van der Waals surface area contributed by atoms with Gasteiger partial charge >= 0.3 is 0 Å². The molecule has 0 spiro atoms. The topological polar surface area (TPSA) is 56.8 Å². The van der Waals surface area contributed by atoms with Crippen molar-refractivity contribution in [2.45, 2.75) is 26.3 Å². The quantitative estimate of drug-likeness (QED) is 0.874. The molecule has 1 aliphatic heterocycles. The summed E-state index contributed by atoms with van der Waals surface area (Å²) in [6.45, 7) is 5.73. The molecule has 1 amide bonds. The second-order valence-corrected chi connectivity index (χ2v) is 5.44. The van der Waals surface area contributed by atoms with Gasteiger partial charge in [0.2, 0.25) is 5.91 Å². The Bertz CT molecular complexity index is 487. The van der Waals surface area contributed by atoms with Gasteiger partial charge in [-0.05, 0) is 23.6 Å². The van der Waals surface area contributed by atoms with Crippen molar-refractivity contribution < 1.29 is 19.0 Å². The first-order chi connectivity index (χ1) is 10.1. The summed E-state index contributed by atoms with van der Waals surface area (Å²) in [4.78, 5) is 11.9. The van der Waals surface area contributed by atoms with Crippen LogP contribution in [-0.2, 0) is 9.53 Å². The standard InChI is InChI=1S/C16H23NO4/c1-11(2)16(17-15(18)6-7-19-3)12-4-5-13-14(10-12)21-9-8-20-13/h4-5,10-11,16H,6-9H2,1-3H3,(H,17,18). The molecular formula is C16H23NO4. The van der Waals surface area contributed by atoms with Crippen LogP contribution < -0.4 is 14.8 Å². The van der Waals surface area contributed by atoms with Crippen molar-refractivity contribution in [1.82, 2.24) is 5.32 Å². The van der Waals surface area contributed by atoms with Crippen molar-refractivity contribution >= 4 is 5.91 Å². The average molecular weight is 293 g/mol. The van der Waals surface area contributed by atoms with Crippen LogP contribution in [0.15, 0.2) is 18.2 Å². The lowest BCUT2D eigenvalue weighted by Gasteiger charge is -2.25. The number of amides is 1. The Morgan fingerprint density at radius 3 is 2.67 bits per heavy atom. The van der Waals surface area contributed by atoms with Gasteiger partial charge in [0.25, 0.3) is 0 Å². The Morgan fingerprint density at radius 2 is 2.00 bits per heavy atom. The molecule has 0 radical (unpaired) electrons. The molecular weight excluding hydrogens is 270 g/mol. The van der Waals surface area contributed by atoms with Gasteiger partial charge in [-0.1, -0.05) is 19.9 Å². The van der Waals surface area contributed by atoms with Crippen LogP contribution in [-0.4, -0.2) is 32.8 Å². The fourth-order valence-corrected chi connectivity index (χ4v) is 2.33. The van der Waals surface area contributed by atoms with Crippen molar-refractivity contribution in [2.75, 3.05) is 26.9 Å². The highest BCUT2D eigenvalue weighted by Crippen LogP contribution is 2.34. The van der Waals surface area contributed by atoms with E-state index in [-0.39, 0.29) is 17.9 Å². The number of rotatable bonds is 6. The summed E-state index contributed by atoms with van der Waals surface area (Å²) in [5.41, 5.74) is 1.03. The third-order valence-electron chi connectivity index (χ3n) is 3.44. The maximum Gasteiger partial charge on any atom is 0.222 e. The van der Waals surface area contributed by atoms with Gasteiger partial charge in [0.15, 0.2) is 11.5 Å². The van der Waals surface area contributed by atoms with Crippen molar-refractivity contribution in [3.8, 4) is 11.5 Å². The molecule has 0 saturated carbocycles. The van der Waals surface area contributed by atoms with Crippen LogP contribution in [0.4, 0.5) is 0 Å². The summed E-state index contributed by atoms with van der Waals surface area (Å²) in [6, 6.07) is 5.79. The lowest BCUT2D eigenvalue weighted by Crippen LogP contribution is -2.32. The predicted molar refractivity (Wildman–Crippen MR) is 79.6 cm³/mol. The number of nitrogens with one attached hydrogen (secondary N) is 1. The van der Waals surface area contributed by atoms with Crippen LogP contribution in [0, 0.1) is 5.92 Å². The molecule has 0 saturated heterocycles. The molecule has 5 nitrogen and oxygen atoms in total. The number of fused-ring (bicyclic) bond motifs is 1. The fourth-order valence-electron chi connectivity index (χ4n) is 2.33. The number of carbonyl (C=O) groups excluding carboxylic acids is 1. The van der Waals surface area contributed by atoms with Gasteiger partial charge in [-0.25, -0.2) is 0 Å². The average Bonchev–Trinajstić information content (AvgIpc) is 2.49. The molecule has 116 valence electrons. The minimum absolute atomic E-state index is 0.00885. The first kappa shape index (κ1) is 15.6. The largest absolute Gasteiger partial charge is 0.486 e. The van der Waals surface area contributed by atoms with E-state index in [4.69, 9.17) is 14.2 Å². The minimum atomic E-state index is -0.0508. The maximum absolute atomic E-state index is 11.9. The monoisotopic (exact) mass is 293 g/mol. The van der Waals surface area contributed by atoms with Crippen LogP contribution in [0.3, 0.4) is 0 Å². The normalized spacial score (nSPS) is 14.9. The molecule has 1 N–H and O–H groups in total. The van der Waals surface area contributed by atoms with Crippen LogP contribution in [0.1, 0.15) is 31.9 Å². The second-order valence-electron chi connectivity index (χ2n) is 5.44. The first-order valence-corrected chi connectivity index (χ1v) is 7.29. The van der Waals surface area contributed by atoms with E-state index in [0.717, 1.165) is 17.1 Å². The zero-order valence-electron chi connectivity index (χ0n) is 12.8. The molecule has 1 atom stereocenters. The first-order valence-electron chi connectivity index (χ1n) is 7.29. The smallest absolute Gasteiger partial charge is 0.222 e. The molecule has 1 aromatic rings. The number of methoxy groups -OCH3 is 1. The number of hydrogen-bond acceptors (Lipinski definition) is 4. The van der Waals surface area contributed by atoms with Crippen molar-refractivity contribution in [1.29, 1.82) is 0 Å². The Kier molecular flexibility index (Phi) is 5.44. The van der Waals surface area contributed by atoms with E-state index in [1.165, 1.54) is 0 Å². The van der Waals surface area contributed by atoms with Gasteiger partial charge in [-0.2, -0.15) is 0 Å². The zero-order valence-corrected chi connectivity index (χ0v) is 12.8. The lowest BCUT2D eigenvalue weighted by molar-refractivity contribution is -0.123. The van der Waals surface area contributed by atoms with E-state index in [1.807, 2.05) is 18.2 Å². The summed E-state index contributed by atoms with van der Waals surface area (Å²) >= 11 is 0. The van der Waals surface area contributed by atoms with Gasteiger partial charge in [-0.3, -0.25) is 4.79 Å². The zero-order chi connectivity index (χ0) is 15.2. The Balaban J connectivity index is 2.12. The third kappa shape index (κ3) is 4.11. The van der Waals surface area contributed by atoms with Crippen LogP contribution in [0.5, 0.6) is 11.5 Å². The summed E-state index contributed by atoms with van der Waals surface area (Å²) in [6.07, 6.45) is 0.365. The molecule has 2 rings (SSSR count). The Hall–Kier alpha value is -1.75. The number of ether oxygens (including phenoxy) is 3. The van der Waals surface area contributed by atoms with Crippen molar-refractivity contribution in [2.24, 2.45) is 5.92 Å². The highest BCUT2D eigenvalue weighted by atomic mass is 16.6. The molecule has 1 unspecified atom stereocenters. The molecule has 0 aliphatic carbocycles. The van der Waals surface area contributed by atoms with Crippen LogP contribution in [0.2, 0.25) is 0 Å². The number of benzene rings is 1. The summed E-state index contributed by atoms with van der Waals surface area (Å²) in [7, 11) is 1.59. The van der Waals surface area contributed by atoms with Gasteiger partial charge < -0.3 is 19.5 Å². The highest BCUT2D eigenvalue weighted by molar-refractivity contribution is 5.76. The maximum atomic E-state index is 11.9. The van der Waals surface area contributed by atoms with E-state index in [1.54, 1.807) is 7.11 Å². The molecule has 21 heavy (non-hydrogen) atoms. The highest BCUT2D eigenvalue weighted by Gasteiger charge is 2.21. The Morgan fingerprint density at radius 1 is 1.29 bits per heavy atom. The van der Waals surface area contributed by atoms with E-state index in [9.17, 15) is 4.79 Å². The van der Waals surface area contributed by atoms with Gasteiger partial charge in [-0.15, -0.1) is 0 Å². The van der Waals surface area contributed by atoms with Crippen LogP contribution in [0.25, 0.3) is 0 Å².